The SMILES string of the molecule is CCC(C)(C)c1ccc(OCC(=O)Nc2cccc(C(=O)Nc3cc([N+](=O)[O-])ccc3OC)c2)c(C(C)(C)CC)c1. The highest BCUT2D eigenvalue weighted by atomic mass is 16.6. The molecule has 0 aliphatic rings. The zero-order chi connectivity index (χ0) is 30.4. The summed E-state index contributed by atoms with van der Waals surface area (Å²) in [5.74, 6) is 0.0583. The molecule has 3 rings (SSSR count). The van der Waals surface area contributed by atoms with E-state index >= 15 is 0 Å². The fourth-order valence-corrected chi connectivity index (χ4v) is 4.18. The Balaban J connectivity index is 1.73. The molecule has 0 saturated heterocycles. The number of non-ortho nitro benzene ring substituents is 1. The van der Waals surface area contributed by atoms with Gasteiger partial charge < -0.3 is 20.1 Å². The summed E-state index contributed by atoms with van der Waals surface area (Å²) in [4.78, 5) is 36.3. The highest BCUT2D eigenvalue weighted by Crippen LogP contribution is 2.38. The molecular weight excluding hydrogens is 522 g/mol. The van der Waals surface area contributed by atoms with Crippen molar-refractivity contribution in [2.45, 2.75) is 65.2 Å². The lowest BCUT2D eigenvalue weighted by Gasteiger charge is -2.30. The lowest BCUT2D eigenvalue weighted by atomic mass is 9.76. The number of hydrogen-bond donors (Lipinski definition) is 2. The van der Waals surface area contributed by atoms with Crippen LogP contribution in [0, 0.1) is 10.1 Å². The molecule has 218 valence electrons. The minimum absolute atomic E-state index is 0.0200. The summed E-state index contributed by atoms with van der Waals surface area (Å²) in [5.41, 5.74) is 2.80. The minimum atomic E-state index is -0.556. The average molecular weight is 562 g/mol. The zero-order valence-corrected chi connectivity index (χ0v) is 24.8. The van der Waals surface area contributed by atoms with Gasteiger partial charge in [-0.15, -0.1) is 0 Å². The molecule has 9 heteroatoms. The van der Waals surface area contributed by atoms with Crippen LogP contribution >= 0.6 is 0 Å². The Labute approximate surface area is 241 Å². The zero-order valence-electron chi connectivity index (χ0n) is 24.8. The quantitative estimate of drug-likeness (QED) is 0.178. The van der Waals surface area contributed by atoms with E-state index in [0.29, 0.717) is 11.4 Å². The molecule has 0 spiro atoms. The molecule has 41 heavy (non-hydrogen) atoms. The number of methoxy groups -OCH3 is 1. The van der Waals surface area contributed by atoms with E-state index in [1.54, 1.807) is 18.2 Å². The van der Waals surface area contributed by atoms with Crippen molar-refractivity contribution in [1.82, 2.24) is 0 Å². The smallest absolute Gasteiger partial charge is 0.271 e. The van der Waals surface area contributed by atoms with Crippen molar-refractivity contribution in [3.05, 3.63) is 87.5 Å². The van der Waals surface area contributed by atoms with Crippen LogP contribution in [-0.4, -0.2) is 30.5 Å². The second-order valence-corrected chi connectivity index (χ2v) is 11.2. The summed E-state index contributed by atoms with van der Waals surface area (Å²) in [6.45, 7) is 12.9. The van der Waals surface area contributed by atoms with Gasteiger partial charge in [-0.2, -0.15) is 0 Å². The van der Waals surface area contributed by atoms with Gasteiger partial charge in [-0.3, -0.25) is 19.7 Å². The number of nitrogens with zero attached hydrogens (tertiary/aromatic N) is 1. The molecule has 0 aliphatic heterocycles. The van der Waals surface area contributed by atoms with Gasteiger partial charge in [0.05, 0.1) is 17.7 Å². The molecule has 2 N–H and O–H groups in total. The van der Waals surface area contributed by atoms with Crippen LogP contribution < -0.4 is 20.1 Å². The third kappa shape index (κ3) is 7.63. The molecule has 3 aromatic carbocycles. The number of nitro benzene ring substituents is 1. The van der Waals surface area contributed by atoms with Crippen molar-refractivity contribution >= 4 is 28.9 Å². The maximum Gasteiger partial charge on any atom is 0.271 e. The third-order valence-corrected chi connectivity index (χ3v) is 7.67. The van der Waals surface area contributed by atoms with Crippen LogP contribution in [0.2, 0.25) is 0 Å². The third-order valence-electron chi connectivity index (χ3n) is 7.67. The van der Waals surface area contributed by atoms with Gasteiger partial charge in [0.1, 0.15) is 11.5 Å². The lowest BCUT2D eigenvalue weighted by molar-refractivity contribution is -0.384. The topological polar surface area (TPSA) is 120 Å². The first-order valence-electron chi connectivity index (χ1n) is 13.6. The number of carbonyl (C=O) groups is 2. The summed E-state index contributed by atoms with van der Waals surface area (Å²) in [7, 11) is 1.40. The van der Waals surface area contributed by atoms with Gasteiger partial charge in [-0.05, 0) is 59.6 Å². The predicted molar refractivity (Wildman–Crippen MR) is 161 cm³/mol. The van der Waals surface area contributed by atoms with Gasteiger partial charge in [0.25, 0.3) is 17.5 Å². The number of nitrogens with one attached hydrogen (secondary N) is 2. The highest BCUT2D eigenvalue weighted by Gasteiger charge is 2.27. The standard InChI is InChI=1S/C32H39N3O6/c1-8-31(3,4)22-13-15-27(25(18-22)32(5,6)9-2)41-20-29(36)33-23-12-10-11-21(17-23)30(37)34-26-19-24(35(38)39)14-16-28(26)40-7/h10-19H,8-9,20H2,1-7H3,(H,33,36)(H,34,37). The van der Waals surface area contributed by atoms with Crippen LogP contribution in [0.5, 0.6) is 11.5 Å². The van der Waals surface area contributed by atoms with Crippen molar-refractivity contribution in [2.75, 3.05) is 24.4 Å². The van der Waals surface area contributed by atoms with Crippen LogP contribution in [-0.2, 0) is 15.6 Å². The predicted octanol–water partition coefficient (Wildman–Crippen LogP) is 7.25. The fraction of sp³-hybridized carbons (Fsp3) is 0.375. The summed E-state index contributed by atoms with van der Waals surface area (Å²) >= 11 is 0. The molecule has 0 heterocycles. The molecule has 0 unspecified atom stereocenters. The Kier molecular flexibility index (Phi) is 9.75. The van der Waals surface area contributed by atoms with E-state index in [9.17, 15) is 19.7 Å². The average Bonchev–Trinajstić information content (AvgIpc) is 2.95. The molecule has 0 saturated carbocycles. The molecule has 0 fully saturated rings. The summed E-state index contributed by atoms with van der Waals surface area (Å²) < 4.78 is 11.2. The Hall–Kier alpha value is -4.40. The van der Waals surface area contributed by atoms with E-state index in [0.717, 1.165) is 18.4 Å². The van der Waals surface area contributed by atoms with Crippen LogP contribution in [0.3, 0.4) is 0 Å². The van der Waals surface area contributed by atoms with Crippen molar-refractivity contribution in [2.24, 2.45) is 0 Å². The van der Waals surface area contributed by atoms with Crippen LogP contribution in [0.4, 0.5) is 17.1 Å². The molecule has 0 aromatic heterocycles. The molecule has 3 aromatic rings. The van der Waals surface area contributed by atoms with Crippen LogP contribution in [0.25, 0.3) is 0 Å². The van der Waals surface area contributed by atoms with Gasteiger partial charge in [0.15, 0.2) is 6.61 Å². The first kappa shape index (κ1) is 31.1. The number of carbonyl (C=O) groups excluding carboxylic acids is 2. The van der Waals surface area contributed by atoms with Crippen molar-refractivity contribution in [3.63, 3.8) is 0 Å². The number of hydrogen-bond acceptors (Lipinski definition) is 6. The number of amides is 2. The number of benzene rings is 3. The number of ether oxygens (including phenoxy) is 2. The molecule has 0 atom stereocenters. The minimum Gasteiger partial charge on any atom is -0.495 e. The number of rotatable bonds is 12. The van der Waals surface area contributed by atoms with Crippen molar-refractivity contribution in [1.29, 1.82) is 0 Å². The van der Waals surface area contributed by atoms with Gasteiger partial charge in [-0.25, -0.2) is 0 Å². The normalized spacial score (nSPS) is 11.5. The van der Waals surface area contributed by atoms with E-state index in [4.69, 9.17) is 9.47 Å². The second kappa shape index (κ2) is 12.8. The van der Waals surface area contributed by atoms with Crippen molar-refractivity contribution in [3.8, 4) is 11.5 Å². The van der Waals surface area contributed by atoms with E-state index < -0.39 is 10.8 Å². The molecule has 2 amide bonds. The Morgan fingerprint density at radius 3 is 2.20 bits per heavy atom. The van der Waals surface area contributed by atoms with E-state index in [1.807, 2.05) is 6.07 Å². The lowest BCUT2D eigenvalue weighted by Crippen LogP contribution is -2.24. The molecular formula is C32H39N3O6. The maximum atomic E-state index is 12.9. The summed E-state index contributed by atoms with van der Waals surface area (Å²) in [5, 5.41) is 16.6. The van der Waals surface area contributed by atoms with E-state index in [-0.39, 0.29) is 46.0 Å². The van der Waals surface area contributed by atoms with Crippen LogP contribution in [0.1, 0.15) is 75.9 Å². The second-order valence-electron chi connectivity index (χ2n) is 11.2. The highest BCUT2D eigenvalue weighted by molar-refractivity contribution is 6.06. The van der Waals surface area contributed by atoms with Gasteiger partial charge >= 0.3 is 0 Å². The maximum absolute atomic E-state index is 12.9. The first-order valence-corrected chi connectivity index (χ1v) is 13.6. The summed E-state index contributed by atoms with van der Waals surface area (Å²) in [6.07, 6.45) is 1.90. The number of anilines is 2. The number of nitro groups is 1. The molecule has 0 aliphatic carbocycles. The van der Waals surface area contributed by atoms with Gasteiger partial charge in [-0.1, -0.05) is 59.7 Å². The largest absolute Gasteiger partial charge is 0.495 e. The molecule has 0 bridgehead atoms. The van der Waals surface area contributed by atoms with E-state index in [2.05, 4.69) is 64.3 Å². The van der Waals surface area contributed by atoms with Crippen molar-refractivity contribution < 1.29 is 24.0 Å². The van der Waals surface area contributed by atoms with Crippen LogP contribution in [0.15, 0.2) is 60.7 Å². The Morgan fingerprint density at radius 1 is 0.878 bits per heavy atom. The first-order chi connectivity index (χ1) is 19.3. The Morgan fingerprint density at radius 2 is 1.56 bits per heavy atom. The van der Waals surface area contributed by atoms with Gasteiger partial charge in [0.2, 0.25) is 0 Å². The summed E-state index contributed by atoms with van der Waals surface area (Å²) in [6, 6.07) is 16.5. The Bertz CT molecular complexity index is 1430. The fourth-order valence-electron chi connectivity index (χ4n) is 4.18. The molecule has 0 radical (unpaired) electrons. The monoisotopic (exact) mass is 561 g/mol. The van der Waals surface area contributed by atoms with E-state index in [1.165, 1.54) is 36.9 Å². The molecule has 9 nitrogen and oxygen atoms in total. The van der Waals surface area contributed by atoms with Gasteiger partial charge in [0, 0.05) is 28.9 Å².